The summed E-state index contributed by atoms with van der Waals surface area (Å²) in [5, 5.41) is 0. The normalized spacial score (nSPS) is 12.1. The summed E-state index contributed by atoms with van der Waals surface area (Å²) in [6.45, 7) is 12.5. The third-order valence-corrected chi connectivity index (χ3v) is 6.18. The molecule has 0 heterocycles. The van der Waals surface area contributed by atoms with Crippen molar-refractivity contribution in [3.8, 4) is 11.5 Å². The van der Waals surface area contributed by atoms with E-state index < -0.39 is 0 Å². The van der Waals surface area contributed by atoms with Crippen molar-refractivity contribution in [3.05, 3.63) is 78.9 Å². The Balaban J connectivity index is 2.19. The first-order valence-corrected chi connectivity index (χ1v) is 11.2. The van der Waals surface area contributed by atoms with E-state index in [9.17, 15) is 0 Å². The van der Waals surface area contributed by atoms with E-state index in [0.29, 0.717) is 0 Å². The van der Waals surface area contributed by atoms with Crippen LogP contribution in [0.5, 0.6) is 11.5 Å². The van der Waals surface area contributed by atoms with Crippen LogP contribution >= 0.6 is 0 Å². The molecule has 0 saturated heterocycles. The third-order valence-electron chi connectivity index (χ3n) is 3.93. The van der Waals surface area contributed by atoms with E-state index in [2.05, 4.69) is 108 Å². The molecule has 0 radical (unpaired) electrons. The van der Waals surface area contributed by atoms with Crippen molar-refractivity contribution in [1.82, 2.24) is 0 Å². The van der Waals surface area contributed by atoms with Crippen molar-refractivity contribution < 1.29 is 9.47 Å². The second kappa shape index (κ2) is 8.54. The smallest absolute Gasteiger partial charge is 0.212 e. The monoisotopic (exact) mass is 407 g/mol. The molecule has 152 valence electrons. The largest absolute Gasteiger partial charge is 0.488 e. The molecule has 0 atom stereocenters. The zero-order chi connectivity index (χ0) is 21.1. The molecule has 2 nitrogen and oxygen atoms in total. The van der Waals surface area contributed by atoms with Gasteiger partial charge in [-0.2, -0.15) is 0 Å². The van der Waals surface area contributed by atoms with Crippen LogP contribution in [-0.2, 0) is 10.9 Å². The van der Waals surface area contributed by atoms with Gasteiger partial charge in [-0.3, -0.25) is 0 Å². The molecule has 0 fully saturated rings. The van der Waals surface area contributed by atoms with Crippen molar-refractivity contribution in [1.29, 1.82) is 0 Å². The molecule has 3 heteroatoms. The Hall–Kier alpha value is -2.39. The van der Waals surface area contributed by atoms with Gasteiger partial charge in [0.25, 0.3) is 0 Å². The Kier molecular flexibility index (Phi) is 6.28. The summed E-state index contributed by atoms with van der Waals surface area (Å²) in [5.41, 5.74) is -0.550. The fourth-order valence-electron chi connectivity index (χ4n) is 2.98. The maximum Gasteiger partial charge on any atom is 0.212 e. The molecular weight excluding hydrogens is 376 g/mol. The SMILES string of the molecule is CC(C)(C)Oc1ccc(OC(C)(C)C)c([S+](c2ccccc2)c2ccccc2)c1. The van der Waals surface area contributed by atoms with Gasteiger partial charge in [0, 0.05) is 6.07 Å². The number of benzene rings is 3. The highest BCUT2D eigenvalue weighted by Gasteiger charge is 2.34. The van der Waals surface area contributed by atoms with Crippen LogP contribution in [0.1, 0.15) is 41.5 Å². The minimum Gasteiger partial charge on any atom is -0.488 e. The van der Waals surface area contributed by atoms with Crippen LogP contribution in [0.3, 0.4) is 0 Å². The average molecular weight is 408 g/mol. The predicted molar refractivity (Wildman–Crippen MR) is 122 cm³/mol. The number of ether oxygens (including phenoxy) is 2. The first-order chi connectivity index (χ1) is 13.6. The van der Waals surface area contributed by atoms with E-state index in [-0.39, 0.29) is 22.1 Å². The topological polar surface area (TPSA) is 18.5 Å². The Bertz CT molecular complexity index is 883. The molecule has 0 unspecified atom stereocenters. The van der Waals surface area contributed by atoms with Crippen molar-refractivity contribution >= 4 is 10.9 Å². The zero-order valence-electron chi connectivity index (χ0n) is 18.2. The molecule has 0 spiro atoms. The summed E-state index contributed by atoms with van der Waals surface area (Å²) in [4.78, 5) is 3.65. The van der Waals surface area contributed by atoms with Crippen molar-refractivity contribution in [3.63, 3.8) is 0 Å². The fourth-order valence-corrected chi connectivity index (χ4v) is 5.17. The van der Waals surface area contributed by atoms with Crippen molar-refractivity contribution in [2.75, 3.05) is 0 Å². The van der Waals surface area contributed by atoms with E-state index in [1.165, 1.54) is 9.79 Å². The second-order valence-electron chi connectivity index (χ2n) is 8.97. The Morgan fingerprint density at radius 2 is 1.07 bits per heavy atom. The molecule has 0 N–H and O–H groups in total. The van der Waals surface area contributed by atoms with Crippen LogP contribution in [0, 0.1) is 0 Å². The molecule has 0 amide bonds. The van der Waals surface area contributed by atoms with E-state index in [1.807, 2.05) is 12.1 Å². The molecule has 0 aliphatic rings. The molecule has 0 saturated carbocycles. The first-order valence-electron chi connectivity index (χ1n) is 9.99. The third kappa shape index (κ3) is 6.04. The average Bonchev–Trinajstić information content (AvgIpc) is 2.63. The fraction of sp³-hybridized carbons (Fsp3) is 0.308. The quantitative estimate of drug-likeness (QED) is 0.419. The van der Waals surface area contributed by atoms with Crippen LogP contribution < -0.4 is 9.47 Å². The lowest BCUT2D eigenvalue weighted by atomic mass is 10.2. The minimum atomic E-state index is -0.305. The summed E-state index contributed by atoms with van der Waals surface area (Å²) in [6, 6.07) is 27.5. The number of rotatable bonds is 5. The van der Waals surface area contributed by atoms with Gasteiger partial charge in [-0.1, -0.05) is 36.4 Å². The Labute approximate surface area is 178 Å². The Morgan fingerprint density at radius 3 is 1.52 bits per heavy atom. The maximum absolute atomic E-state index is 6.39. The van der Waals surface area contributed by atoms with Gasteiger partial charge in [0.2, 0.25) is 4.90 Å². The standard InChI is InChI=1S/C26H31O2S/c1-25(2,3)27-20-17-18-23(28-26(4,5)6)24(19-20)29(21-13-9-7-10-14-21)22-15-11-8-12-16-22/h7-19H,1-6H3/q+1. The lowest BCUT2D eigenvalue weighted by Gasteiger charge is -2.25. The van der Waals surface area contributed by atoms with Crippen LogP contribution in [0.2, 0.25) is 0 Å². The molecule has 29 heavy (non-hydrogen) atoms. The summed E-state index contributed by atoms with van der Waals surface area (Å²) >= 11 is 0. The molecule has 0 aromatic heterocycles. The molecule has 3 aromatic carbocycles. The van der Waals surface area contributed by atoms with Crippen LogP contribution in [0.15, 0.2) is 93.5 Å². The van der Waals surface area contributed by atoms with E-state index >= 15 is 0 Å². The summed E-state index contributed by atoms with van der Waals surface area (Å²) < 4.78 is 12.6. The zero-order valence-corrected chi connectivity index (χ0v) is 19.0. The van der Waals surface area contributed by atoms with Gasteiger partial charge in [-0.15, -0.1) is 0 Å². The summed E-state index contributed by atoms with van der Waals surface area (Å²) in [7, 11) is -0.305. The lowest BCUT2D eigenvalue weighted by molar-refractivity contribution is 0.121. The highest BCUT2D eigenvalue weighted by molar-refractivity contribution is 7.97. The van der Waals surface area contributed by atoms with Crippen LogP contribution in [0.25, 0.3) is 0 Å². The summed E-state index contributed by atoms with van der Waals surface area (Å²) in [6.07, 6.45) is 0. The van der Waals surface area contributed by atoms with Gasteiger partial charge in [0.1, 0.15) is 27.8 Å². The predicted octanol–water partition coefficient (Wildman–Crippen LogP) is 7.14. The minimum absolute atomic E-state index is 0.262. The second-order valence-corrected chi connectivity index (χ2v) is 11.0. The van der Waals surface area contributed by atoms with Gasteiger partial charge in [0.15, 0.2) is 15.5 Å². The van der Waals surface area contributed by atoms with E-state index in [1.54, 1.807) is 0 Å². The molecule has 0 aliphatic carbocycles. The van der Waals surface area contributed by atoms with Crippen molar-refractivity contribution in [2.45, 2.75) is 67.4 Å². The van der Waals surface area contributed by atoms with Gasteiger partial charge >= 0.3 is 0 Å². The van der Waals surface area contributed by atoms with Gasteiger partial charge in [0.05, 0.1) is 0 Å². The highest BCUT2D eigenvalue weighted by Crippen LogP contribution is 2.40. The van der Waals surface area contributed by atoms with Crippen molar-refractivity contribution in [2.24, 2.45) is 0 Å². The van der Waals surface area contributed by atoms with Gasteiger partial charge in [-0.25, -0.2) is 0 Å². The molecular formula is C26H31O2S+. The van der Waals surface area contributed by atoms with E-state index in [0.717, 1.165) is 16.4 Å². The maximum atomic E-state index is 6.39. The number of hydrogen-bond acceptors (Lipinski definition) is 2. The highest BCUT2D eigenvalue weighted by atomic mass is 32.2. The van der Waals surface area contributed by atoms with Crippen LogP contribution in [0.4, 0.5) is 0 Å². The summed E-state index contributed by atoms with van der Waals surface area (Å²) in [5.74, 6) is 1.76. The first kappa shape index (κ1) is 21.3. The number of hydrogen-bond donors (Lipinski definition) is 0. The van der Waals surface area contributed by atoms with E-state index in [4.69, 9.17) is 9.47 Å². The molecule has 0 bridgehead atoms. The van der Waals surface area contributed by atoms with Crippen LogP contribution in [-0.4, -0.2) is 11.2 Å². The molecule has 3 rings (SSSR count). The lowest BCUT2D eigenvalue weighted by Crippen LogP contribution is -2.25. The van der Waals surface area contributed by atoms with Gasteiger partial charge < -0.3 is 9.47 Å². The molecule has 0 aliphatic heterocycles. The Morgan fingerprint density at radius 1 is 0.586 bits per heavy atom. The molecule has 3 aromatic rings. The van der Waals surface area contributed by atoms with Gasteiger partial charge in [-0.05, 0) is 77.9 Å².